The Morgan fingerprint density at radius 3 is 2.74 bits per heavy atom. The third-order valence-corrected chi connectivity index (χ3v) is 5.22. The van der Waals surface area contributed by atoms with Gasteiger partial charge in [-0.05, 0) is 31.2 Å². The maximum absolute atomic E-state index is 6.35. The van der Waals surface area contributed by atoms with Crippen molar-refractivity contribution in [1.82, 2.24) is 19.9 Å². The van der Waals surface area contributed by atoms with Gasteiger partial charge >= 0.3 is 0 Å². The van der Waals surface area contributed by atoms with Crippen LogP contribution in [0.1, 0.15) is 49.6 Å². The Morgan fingerprint density at radius 2 is 2.00 bits per heavy atom. The van der Waals surface area contributed by atoms with Gasteiger partial charge < -0.3 is 15.0 Å². The lowest BCUT2D eigenvalue weighted by molar-refractivity contribution is 0.0669. The first-order chi connectivity index (χ1) is 13.3. The first-order valence-corrected chi connectivity index (χ1v) is 9.55. The molecule has 1 aliphatic heterocycles. The Balaban J connectivity index is 1.54. The molecule has 1 fully saturated rings. The SMILES string of the molecule is CCC(Cc1ccccc1)c1nc(-c2cnn(C3CCOCC3)c2N)no1. The average molecular weight is 367 g/mol. The standard InChI is InChI=1S/C20H25N5O2/c1-2-15(12-14-6-4-3-5-7-14)20-23-19(24-27-20)17-13-22-25(18(17)21)16-8-10-26-11-9-16/h3-7,13,15-16H,2,8-12,21H2,1H3. The summed E-state index contributed by atoms with van der Waals surface area (Å²) >= 11 is 0. The van der Waals surface area contributed by atoms with Gasteiger partial charge in [-0.15, -0.1) is 0 Å². The molecular formula is C20H25N5O2. The van der Waals surface area contributed by atoms with Gasteiger partial charge in [0.15, 0.2) is 0 Å². The molecule has 142 valence electrons. The number of rotatable bonds is 6. The predicted molar refractivity (Wildman–Crippen MR) is 102 cm³/mol. The van der Waals surface area contributed by atoms with Gasteiger partial charge in [0.25, 0.3) is 0 Å². The van der Waals surface area contributed by atoms with E-state index in [9.17, 15) is 0 Å². The second-order valence-electron chi connectivity index (χ2n) is 6.98. The van der Waals surface area contributed by atoms with E-state index in [0.717, 1.165) is 44.5 Å². The molecule has 2 aromatic heterocycles. The van der Waals surface area contributed by atoms with Crippen LogP contribution in [0.15, 0.2) is 41.1 Å². The van der Waals surface area contributed by atoms with Gasteiger partial charge in [-0.1, -0.05) is 42.4 Å². The van der Waals surface area contributed by atoms with Crippen LogP contribution in [0.5, 0.6) is 0 Å². The van der Waals surface area contributed by atoms with Crippen LogP contribution in [0.25, 0.3) is 11.4 Å². The molecule has 1 aromatic carbocycles. The first-order valence-electron chi connectivity index (χ1n) is 9.55. The van der Waals surface area contributed by atoms with Gasteiger partial charge in [-0.2, -0.15) is 10.1 Å². The van der Waals surface area contributed by atoms with Crippen LogP contribution in [-0.4, -0.2) is 33.1 Å². The van der Waals surface area contributed by atoms with Crippen molar-refractivity contribution in [2.24, 2.45) is 0 Å². The van der Waals surface area contributed by atoms with Crippen LogP contribution in [-0.2, 0) is 11.2 Å². The lowest BCUT2D eigenvalue weighted by Crippen LogP contribution is -2.21. The normalized spacial score (nSPS) is 16.5. The molecule has 3 heterocycles. The summed E-state index contributed by atoms with van der Waals surface area (Å²) in [5.41, 5.74) is 8.33. The first kappa shape index (κ1) is 17.7. The summed E-state index contributed by atoms with van der Waals surface area (Å²) in [4.78, 5) is 4.63. The number of hydrogen-bond acceptors (Lipinski definition) is 6. The zero-order valence-corrected chi connectivity index (χ0v) is 15.5. The van der Waals surface area contributed by atoms with Crippen molar-refractivity contribution in [3.8, 4) is 11.4 Å². The molecule has 0 bridgehead atoms. The highest BCUT2D eigenvalue weighted by atomic mass is 16.5. The van der Waals surface area contributed by atoms with Crippen molar-refractivity contribution in [1.29, 1.82) is 0 Å². The summed E-state index contributed by atoms with van der Waals surface area (Å²) in [6, 6.07) is 10.6. The third-order valence-electron chi connectivity index (χ3n) is 5.22. The zero-order chi connectivity index (χ0) is 18.6. The molecule has 4 rings (SSSR count). The van der Waals surface area contributed by atoms with Crippen LogP contribution in [0.3, 0.4) is 0 Å². The van der Waals surface area contributed by atoms with E-state index in [0.29, 0.717) is 17.5 Å². The number of nitrogens with zero attached hydrogens (tertiary/aromatic N) is 4. The summed E-state index contributed by atoms with van der Waals surface area (Å²) in [7, 11) is 0. The fourth-order valence-corrected chi connectivity index (χ4v) is 3.58. The molecule has 0 amide bonds. The quantitative estimate of drug-likeness (QED) is 0.715. The van der Waals surface area contributed by atoms with Crippen molar-refractivity contribution in [3.63, 3.8) is 0 Å². The van der Waals surface area contributed by atoms with Gasteiger partial charge in [0.05, 0.1) is 17.8 Å². The minimum Gasteiger partial charge on any atom is -0.383 e. The highest BCUT2D eigenvalue weighted by Gasteiger charge is 2.24. The van der Waals surface area contributed by atoms with Crippen molar-refractivity contribution in [2.45, 2.75) is 44.6 Å². The smallest absolute Gasteiger partial charge is 0.230 e. The lowest BCUT2D eigenvalue weighted by Gasteiger charge is -2.23. The average Bonchev–Trinajstić information content (AvgIpc) is 3.34. The number of hydrogen-bond donors (Lipinski definition) is 1. The molecule has 1 unspecified atom stereocenters. The van der Waals surface area contributed by atoms with Gasteiger partial charge in [0.2, 0.25) is 11.7 Å². The number of ether oxygens (including phenoxy) is 1. The fourth-order valence-electron chi connectivity index (χ4n) is 3.58. The minimum atomic E-state index is 0.181. The summed E-state index contributed by atoms with van der Waals surface area (Å²) in [6.07, 6.45) is 5.36. The Kier molecular flexibility index (Phi) is 5.20. The van der Waals surface area contributed by atoms with Gasteiger partial charge in [0, 0.05) is 19.1 Å². The lowest BCUT2D eigenvalue weighted by atomic mass is 9.97. The minimum absolute atomic E-state index is 0.181. The summed E-state index contributed by atoms with van der Waals surface area (Å²) in [5, 5.41) is 8.64. The monoisotopic (exact) mass is 367 g/mol. The molecule has 0 aliphatic carbocycles. The summed E-state index contributed by atoms with van der Waals surface area (Å²) in [5.74, 6) is 1.92. The largest absolute Gasteiger partial charge is 0.383 e. The predicted octanol–water partition coefficient (Wildman–Crippen LogP) is 3.60. The number of nitrogens with two attached hydrogens (primary N) is 1. The highest BCUT2D eigenvalue weighted by Crippen LogP contribution is 2.31. The van der Waals surface area contributed by atoms with E-state index >= 15 is 0 Å². The summed E-state index contributed by atoms with van der Waals surface area (Å²) < 4.78 is 12.9. The van der Waals surface area contributed by atoms with E-state index < -0.39 is 0 Å². The van der Waals surface area contributed by atoms with Gasteiger partial charge in [-0.3, -0.25) is 0 Å². The van der Waals surface area contributed by atoms with Crippen LogP contribution in [0.2, 0.25) is 0 Å². The Morgan fingerprint density at radius 1 is 1.22 bits per heavy atom. The van der Waals surface area contributed by atoms with Crippen molar-refractivity contribution in [3.05, 3.63) is 48.0 Å². The molecule has 1 atom stereocenters. The molecule has 7 nitrogen and oxygen atoms in total. The Bertz CT molecular complexity index is 868. The number of anilines is 1. The zero-order valence-electron chi connectivity index (χ0n) is 15.5. The van der Waals surface area contributed by atoms with Crippen molar-refractivity contribution >= 4 is 5.82 Å². The topological polar surface area (TPSA) is 92.0 Å². The van der Waals surface area contributed by atoms with E-state index in [1.807, 2.05) is 22.9 Å². The number of nitrogen functional groups attached to an aromatic ring is 1. The molecule has 2 N–H and O–H groups in total. The van der Waals surface area contributed by atoms with Crippen LogP contribution in [0, 0.1) is 0 Å². The maximum atomic E-state index is 6.35. The Labute approximate surface area is 158 Å². The molecule has 0 radical (unpaired) electrons. The Hall–Kier alpha value is -2.67. The molecule has 1 aliphatic rings. The van der Waals surface area contributed by atoms with Crippen molar-refractivity contribution in [2.75, 3.05) is 18.9 Å². The van der Waals surface area contributed by atoms with E-state index in [4.69, 9.17) is 15.0 Å². The molecule has 27 heavy (non-hydrogen) atoms. The highest BCUT2D eigenvalue weighted by molar-refractivity contribution is 5.67. The molecule has 3 aromatic rings. The molecule has 1 saturated heterocycles. The second kappa shape index (κ2) is 7.92. The fraction of sp³-hybridized carbons (Fsp3) is 0.450. The number of benzene rings is 1. The molecule has 7 heteroatoms. The van der Waals surface area contributed by atoms with E-state index in [2.05, 4.69) is 34.3 Å². The van der Waals surface area contributed by atoms with Crippen LogP contribution < -0.4 is 5.73 Å². The summed E-state index contributed by atoms with van der Waals surface area (Å²) in [6.45, 7) is 3.61. The van der Waals surface area contributed by atoms with Gasteiger partial charge in [-0.25, -0.2) is 4.68 Å². The second-order valence-corrected chi connectivity index (χ2v) is 6.98. The van der Waals surface area contributed by atoms with E-state index in [1.165, 1.54) is 5.56 Å². The van der Waals surface area contributed by atoms with Crippen LogP contribution in [0.4, 0.5) is 5.82 Å². The molecular weight excluding hydrogens is 342 g/mol. The van der Waals surface area contributed by atoms with Crippen molar-refractivity contribution < 1.29 is 9.26 Å². The van der Waals surface area contributed by atoms with E-state index in [-0.39, 0.29) is 12.0 Å². The van der Waals surface area contributed by atoms with Gasteiger partial charge in [0.1, 0.15) is 5.82 Å². The van der Waals surface area contributed by atoms with E-state index in [1.54, 1.807) is 6.20 Å². The molecule has 0 spiro atoms. The van der Waals surface area contributed by atoms with Crippen LogP contribution >= 0.6 is 0 Å². The third kappa shape index (κ3) is 3.73. The number of aromatic nitrogens is 4. The maximum Gasteiger partial charge on any atom is 0.230 e. The molecule has 0 saturated carbocycles.